The molecule has 0 atom stereocenters. The summed E-state index contributed by atoms with van der Waals surface area (Å²) in [6, 6.07) is 9.61. The maximum Gasteiger partial charge on any atom is 0.241 e. The van der Waals surface area contributed by atoms with E-state index in [-0.39, 0.29) is 36.4 Å². The van der Waals surface area contributed by atoms with Gasteiger partial charge in [-0.3, -0.25) is 4.79 Å². The zero-order valence-electron chi connectivity index (χ0n) is 17.6. The summed E-state index contributed by atoms with van der Waals surface area (Å²) < 4.78 is 10.5. The lowest BCUT2D eigenvalue weighted by molar-refractivity contribution is -0.127. The predicted molar refractivity (Wildman–Crippen MR) is 124 cm³/mol. The van der Waals surface area contributed by atoms with Crippen LogP contribution >= 0.6 is 24.0 Å². The lowest BCUT2D eigenvalue weighted by Crippen LogP contribution is -2.42. The molecule has 0 saturated heterocycles. The molecule has 0 radical (unpaired) electrons. The Balaban J connectivity index is 0.00000420. The first-order valence-electron chi connectivity index (χ1n) is 9.19. The molecular formula is C20H30IN5O3. The Bertz CT molecular complexity index is 788. The Morgan fingerprint density at radius 2 is 1.93 bits per heavy atom. The van der Waals surface area contributed by atoms with Crippen molar-refractivity contribution >= 4 is 35.8 Å². The van der Waals surface area contributed by atoms with Gasteiger partial charge in [-0.05, 0) is 23.6 Å². The lowest BCUT2D eigenvalue weighted by Gasteiger charge is -2.14. The van der Waals surface area contributed by atoms with Crippen molar-refractivity contribution in [1.29, 1.82) is 0 Å². The van der Waals surface area contributed by atoms with Crippen molar-refractivity contribution in [1.82, 2.24) is 20.7 Å². The molecular weight excluding hydrogens is 485 g/mol. The highest BCUT2D eigenvalue weighted by Gasteiger charge is 2.10. The van der Waals surface area contributed by atoms with E-state index in [0.717, 1.165) is 17.0 Å². The average molecular weight is 515 g/mol. The monoisotopic (exact) mass is 515 g/mol. The summed E-state index contributed by atoms with van der Waals surface area (Å²) in [6.45, 7) is 5.15. The van der Waals surface area contributed by atoms with E-state index in [1.54, 1.807) is 21.2 Å². The van der Waals surface area contributed by atoms with Crippen molar-refractivity contribution in [3.63, 3.8) is 0 Å². The van der Waals surface area contributed by atoms with E-state index in [9.17, 15) is 4.79 Å². The maximum absolute atomic E-state index is 11.9. The van der Waals surface area contributed by atoms with Crippen molar-refractivity contribution < 1.29 is 14.1 Å². The number of hydrogen-bond acceptors (Lipinski definition) is 5. The highest BCUT2D eigenvalue weighted by Crippen LogP contribution is 2.14. The molecule has 0 fully saturated rings. The lowest BCUT2D eigenvalue weighted by atomic mass is 10.1. The second kappa shape index (κ2) is 12.3. The van der Waals surface area contributed by atoms with Crippen molar-refractivity contribution in [3.8, 4) is 5.75 Å². The molecule has 0 bridgehead atoms. The number of guanidine groups is 1. The number of rotatable bonds is 8. The number of nitrogens with one attached hydrogen (secondary N) is 2. The third-order valence-corrected chi connectivity index (χ3v) is 4.08. The highest BCUT2D eigenvalue weighted by molar-refractivity contribution is 14.0. The largest absolute Gasteiger partial charge is 0.497 e. The van der Waals surface area contributed by atoms with Crippen molar-refractivity contribution in [2.24, 2.45) is 4.99 Å². The first kappa shape index (κ1) is 24.7. The first-order valence-corrected chi connectivity index (χ1v) is 9.19. The van der Waals surface area contributed by atoms with Crippen LogP contribution in [0.5, 0.6) is 5.75 Å². The summed E-state index contributed by atoms with van der Waals surface area (Å²) in [5, 5.41) is 10.3. The van der Waals surface area contributed by atoms with Gasteiger partial charge in [-0.25, -0.2) is 4.99 Å². The minimum atomic E-state index is -0.0410. The molecule has 0 saturated carbocycles. The Morgan fingerprint density at radius 3 is 2.48 bits per heavy atom. The van der Waals surface area contributed by atoms with Gasteiger partial charge in [-0.1, -0.05) is 31.1 Å². The molecule has 1 amide bonds. The molecule has 0 unspecified atom stereocenters. The number of methoxy groups -OCH3 is 1. The zero-order chi connectivity index (χ0) is 20.5. The standard InChI is InChI=1S/C20H29N5O3.HI/c1-14(2)18-10-17(28-24-18)12-22-20(23-13-19(26)25(3)4)21-11-15-6-8-16(27-5)9-7-15;/h6-10,14H,11-13H2,1-5H3,(H2,21,22,23);1H. The Labute approximate surface area is 189 Å². The normalized spacial score (nSPS) is 11.0. The van der Waals surface area contributed by atoms with Crippen LogP contribution in [-0.4, -0.2) is 49.7 Å². The molecule has 0 aliphatic rings. The summed E-state index contributed by atoms with van der Waals surface area (Å²) in [4.78, 5) is 18.0. The summed E-state index contributed by atoms with van der Waals surface area (Å²) in [6.07, 6.45) is 0. The fraction of sp³-hybridized carbons (Fsp3) is 0.450. The predicted octanol–water partition coefficient (Wildman–Crippen LogP) is 2.75. The highest BCUT2D eigenvalue weighted by atomic mass is 127. The Kier molecular flexibility index (Phi) is 10.5. The van der Waals surface area contributed by atoms with Crippen LogP contribution in [0.1, 0.15) is 36.8 Å². The van der Waals surface area contributed by atoms with E-state index >= 15 is 0 Å². The number of carbonyl (C=O) groups is 1. The van der Waals surface area contributed by atoms with Crippen LogP contribution in [0.4, 0.5) is 0 Å². The molecule has 160 valence electrons. The van der Waals surface area contributed by atoms with E-state index in [1.165, 1.54) is 4.90 Å². The number of amides is 1. The number of ether oxygens (including phenoxy) is 1. The Morgan fingerprint density at radius 1 is 1.24 bits per heavy atom. The molecule has 0 aliphatic carbocycles. The second-order valence-electron chi connectivity index (χ2n) is 6.88. The minimum Gasteiger partial charge on any atom is -0.497 e. The van der Waals surface area contributed by atoms with E-state index in [0.29, 0.717) is 30.7 Å². The minimum absolute atomic E-state index is 0. The van der Waals surface area contributed by atoms with Crippen LogP contribution in [0.2, 0.25) is 0 Å². The van der Waals surface area contributed by atoms with Gasteiger partial charge in [0.2, 0.25) is 5.91 Å². The van der Waals surface area contributed by atoms with Crippen LogP contribution in [-0.2, 0) is 17.9 Å². The number of hydrogen-bond donors (Lipinski definition) is 2. The molecule has 29 heavy (non-hydrogen) atoms. The third-order valence-electron chi connectivity index (χ3n) is 4.08. The number of likely N-dealkylation sites (N-methyl/N-ethyl adjacent to an activating group) is 1. The van der Waals surface area contributed by atoms with Gasteiger partial charge in [0.1, 0.15) is 5.75 Å². The van der Waals surface area contributed by atoms with Crippen molar-refractivity contribution in [2.75, 3.05) is 27.7 Å². The molecule has 1 heterocycles. The van der Waals surface area contributed by atoms with Gasteiger partial charge in [-0.2, -0.15) is 0 Å². The number of aliphatic imine (C=N–C) groups is 1. The van der Waals surface area contributed by atoms with Gasteiger partial charge in [-0.15, -0.1) is 24.0 Å². The van der Waals surface area contributed by atoms with E-state index in [2.05, 4.69) is 34.6 Å². The molecule has 8 nitrogen and oxygen atoms in total. The fourth-order valence-corrected chi connectivity index (χ4v) is 2.25. The van der Waals surface area contributed by atoms with Crippen molar-refractivity contribution in [3.05, 3.63) is 47.3 Å². The first-order chi connectivity index (χ1) is 13.4. The van der Waals surface area contributed by atoms with Crippen LogP contribution in [0, 0.1) is 0 Å². The second-order valence-corrected chi connectivity index (χ2v) is 6.88. The van der Waals surface area contributed by atoms with Crippen molar-refractivity contribution in [2.45, 2.75) is 32.9 Å². The smallest absolute Gasteiger partial charge is 0.241 e. The molecule has 2 rings (SSSR count). The molecule has 2 N–H and O–H groups in total. The third kappa shape index (κ3) is 8.30. The average Bonchev–Trinajstić information content (AvgIpc) is 3.16. The van der Waals surface area contributed by atoms with E-state index < -0.39 is 0 Å². The van der Waals surface area contributed by atoms with E-state index in [4.69, 9.17) is 9.26 Å². The molecule has 9 heteroatoms. The SMILES string of the molecule is COc1ccc(CN=C(NCC(=O)N(C)C)NCc2cc(C(C)C)no2)cc1.I. The van der Waals surface area contributed by atoms with Gasteiger partial charge in [0.15, 0.2) is 11.7 Å². The summed E-state index contributed by atoms with van der Waals surface area (Å²) in [5.74, 6) is 2.29. The summed E-state index contributed by atoms with van der Waals surface area (Å²) >= 11 is 0. The van der Waals surface area contributed by atoms with Crippen LogP contribution in [0.25, 0.3) is 0 Å². The van der Waals surface area contributed by atoms with E-state index in [1.807, 2.05) is 30.3 Å². The fourth-order valence-electron chi connectivity index (χ4n) is 2.25. The summed E-state index contributed by atoms with van der Waals surface area (Å²) in [7, 11) is 5.07. The Hall–Kier alpha value is -2.30. The summed E-state index contributed by atoms with van der Waals surface area (Å²) in [5.41, 5.74) is 1.94. The number of benzene rings is 1. The maximum atomic E-state index is 11.9. The molecule has 1 aromatic carbocycles. The topological polar surface area (TPSA) is 92.0 Å². The van der Waals surface area contributed by atoms with Gasteiger partial charge < -0.3 is 24.8 Å². The van der Waals surface area contributed by atoms with Gasteiger partial charge in [0.05, 0.1) is 32.4 Å². The molecule has 1 aromatic heterocycles. The number of carbonyl (C=O) groups excluding carboxylic acids is 1. The quantitative estimate of drug-likeness (QED) is 0.319. The van der Waals surface area contributed by atoms with Crippen LogP contribution in [0.3, 0.4) is 0 Å². The van der Waals surface area contributed by atoms with Gasteiger partial charge in [0.25, 0.3) is 0 Å². The number of aromatic nitrogens is 1. The zero-order valence-corrected chi connectivity index (χ0v) is 19.9. The molecule has 2 aromatic rings. The number of nitrogens with zero attached hydrogens (tertiary/aromatic N) is 3. The number of halogens is 1. The van der Waals surface area contributed by atoms with Gasteiger partial charge >= 0.3 is 0 Å². The molecule has 0 aliphatic heterocycles. The van der Waals surface area contributed by atoms with Crippen LogP contribution in [0.15, 0.2) is 39.8 Å². The van der Waals surface area contributed by atoms with Crippen LogP contribution < -0.4 is 15.4 Å². The van der Waals surface area contributed by atoms with Gasteiger partial charge in [0, 0.05) is 20.2 Å². The molecule has 0 spiro atoms.